The van der Waals surface area contributed by atoms with Gasteiger partial charge < -0.3 is 0 Å². The third-order valence-electron chi connectivity index (χ3n) is 3.01. The molecule has 0 aromatic heterocycles. The van der Waals surface area contributed by atoms with Crippen molar-refractivity contribution in [3.63, 3.8) is 0 Å². The molecular formula is C10H25LiN2Si. The summed E-state index contributed by atoms with van der Waals surface area (Å²) in [5.41, 5.74) is 0. The Morgan fingerprint density at radius 2 is 1.29 bits per heavy atom. The first-order valence-corrected chi connectivity index (χ1v) is 8.04. The van der Waals surface area contributed by atoms with Crippen LogP contribution in [-0.2, 0) is 0 Å². The van der Waals surface area contributed by atoms with E-state index in [1.54, 1.807) is 0 Å². The summed E-state index contributed by atoms with van der Waals surface area (Å²) in [6.45, 7) is 13.9. The standard InChI is InChI=1S/C10H25N2Si.Li/c1-6-11(7-2)10(13-5)12(8-3)9-4;/h10H,5-9,13H2,1-4H3;. The molecule has 0 bridgehead atoms. The van der Waals surface area contributed by atoms with Gasteiger partial charge in [0, 0.05) is 0 Å². The molecule has 0 aliphatic rings. The predicted octanol–water partition coefficient (Wildman–Crippen LogP) is 0.667. The van der Waals surface area contributed by atoms with Crippen molar-refractivity contribution in [1.82, 2.24) is 9.80 Å². The molecule has 0 radical (unpaired) electrons. The maximum absolute atomic E-state index is 2.63. The molecule has 0 saturated carbocycles. The Morgan fingerprint density at radius 3 is 1.50 bits per heavy atom. The minimum absolute atomic E-state index is 0.0487. The van der Waals surface area contributed by atoms with E-state index >= 15 is 0 Å². The van der Waals surface area contributed by atoms with E-state index in [9.17, 15) is 0 Å². The van der Waals surface area contributed by atoms with E-state index < -0.39 is 0 Å². The van der Waals surface area contributed by atoms with Gasteiger partial charge in [-0.15, -0.1) is 0 Å². The van der Waals surface area contributed by atoms with Crippen molar-refractivity contribution in [3.05, 3.63) is 0 Å². The summed E-state index contributed by atoms with van der Waals surface area (Å²) < 4.78 is 1.41. The molecule has 0 unspecified atom stereocenters. The average Bonchev–Trinajstić information content (AvgIpc) is 2.21. The molecule has 0 spiro atoms. The Balaban J connectivity index is 4.36. The van der Waals surface area contributed by atoms with E-state index in [0.29, 0.717) is 0 Å². The summed E-state index contributed by atoms with van der Waals surface area (Å²) in [5, 5.41) is 0. The van der Waals surface area contributed by atoms with Crippen LogP contribution in [-0.4, -0.2) is 69.0 Å². The number of nitrogens with zero attached hydrogens (tertiary/aromatic N) is 2. The van der Waals surface area contributed by atoms with Crippen molar-refractivity contribution in [2.45, 2.75) is 38.2 Å². The number of hydrogen-bond acceptors (Lipinski definition) is 2. The molecule has 0 N–H and O–H groups in total. The van der Waals surface area contributed by atoms with Crippen molar-refractivity contribution in [2.75, 3.05) is 26.2 Å². The second-order valence-corrected chi connectivity index (χ2v) is 6.02. The van der Waals surface area contributed by atoms with E-state index in [1.807, 2.05) is 0 Å². The molecular weight excluding hydrogens is 183 g/mol. The molecule has 0 heterocycles. The van der Waals surface area contributed by atoms with Crippen LogP contribution in [0.4, 0.5) is 0 Å². The summed E-state index contributed by atoms with van der Waals surface area (Å²) >= 11 is 2.34. The summed E-state index contributed by atoms with van der Waals surface area (Å²) in [6, 6.07) is 0. The Labute approximate surface area is 101 Å². The Kier molecular flexibility index (Phi) is 9.47. The minimum atomic E-state index is 0.0487. The predicted molar refractivity (Wildman–Crippen MR) is 68.7 cm³/mol. The van der Waals surface area contributed by atoms with E-state index in [1.165, 1.54) is 30.9 Å². The van der Waals surface area contributed by atoms with Gasteiger partial charge in [0.1, 0.15) is 0 Å². The molecule has 0 aliphatic heterocycles. The molecule has 0 fully saturated rings. The van der Waals surface area contributed by atoms with Crippen LogP contribution < -0.4 is 0 Å². The van der Waals surface area contributed by atoms with Crippen LogP contribution in [0.15, 0.2) is 0 Å². The molecule has 80 valence electrons. The van der Waals surface area contributed by atoms with Gasteiger partial charge in [0.2, 0.25) is 0 Å². The third kappa shape index (κ3) is 4.50. The molecule has 0 aromatic carbocycles. The Hall–Kier alpha value is 0.734. The van der Waals surface area contributed by atoms with Gasteiger partial charge in [0.25, 0.3) is 0 Å². The first kappa shape index (κ1) is 14.7. The summed E-state index contributed by atoms with van der Waals surface area (Å²) in [5.74, 6) is 0.796. The molecule has 0 rings (SSSR count). The fraction of sp³-hybridized carbons (Fsp3) is 1.00. The topological polar surface area (TPSA) is 6.48 Å². The van der Waals surface area contributed by atoms with E-state index in [-0.39, 0.29) is 9.52 Å². The monoisotopic (exact) mass is 208 g/mol. The van der Waals surface area contributed by atoms with E-state index in [0.717, 1.165) is 5.79 Å². The molecule has 0 atom stereocenters. The SMILES string of the molecule is [Li][CH2][SiH2]C(N(CC)CC)N(CC)CC. The van der Waals surface area contributed by atoms with Gasteiger partial charge in [-0.3, -0.25) is 0 Å². The van der Waals surface area contributed by atoms with Crippen LogP contribution in [0.2, 0.25) is 4.72 Å². The van der Waals surface area contributed by atoms with E-state index in [2.05, 4.69) is 55.2 Å². The zero-order valence-electron chi connectivity index (χ0n) is 10.7. The zero-order valence-corrected chi connectivity index (χ0v) is 12.1. The molecule has 2 nitrogen and oxygen atoms in total. The normalized spacial score (nSPS) is 12.9. The molecule has 14 heavy (non-hydrogen) atoms. The number of rotatable bonds is 8. The maximum atomic E-state index is 2.63. The molecule has 0 amide bonds. The van der Waals surface area contributed by atoms with Crippen LogP contribution >= 0.6 is 0 Å². The van der Waals surface area contributed by atoms with Crippen molar-refractivity contribution in [2.24, 2.45) is 0 Å². The van der Waals surface area contributed by atoms with Crippen molar-refractivity contribution >= 4 is 27.2 Å². The van der Waals surface area contributed by atoms with Crippen LogP contribution in [0.1, 0.15) is 27.7 Å². The molecule has 4 heteroatoms. The van der Waals surface area contributed by atoms with Gasteiger partial charge in [-0.1, -0.05) is 0 Å². The van der Waals surface area contributed by atoms with Gasteiger partial charge in [0.05, 0.1) is 0 Å². The zero-order chi connectivity index (χ0) is 11.0. The molecule has 0 aliphatic carbocycles. The fourth-order valence-corrected chi connectivity index (χ4v) is 4.42. The van der Waals surface area contributed by atoms with Gasteiger partial charge in [-0.25, -0.2) is 0 Å². The van der Waals surface area contributed by atoms with Crippen molar-refractivity contribution < 1.29 is 0 Å². The third-order valence-corrected chi connectivity index (χ3v) is 5.14. The summed E-state index contributed by atoms with van der Waals surface area (Å²) in [6.07, 6.45) is 0. The summed E-state index contributed by atoms with van der Waals surface area (Å²) in [4.78, 5) is 5.26. The first-order chi connectivity index (χ1) is 6.74. The van der Waals surface area contributed by atoms with Gasteiger partial charge >= 0.3 is 101 Å². The Bertz CT molecular complexity index is 115. The second-order valence-electron chi connectivity index (χ2n) is 3.71. The van der Waals surface area contributed by atoms with Crippen LogP contribution in [0, 0.1) is 0 Å². The van der Waals surface area contributed by atoms with Crippen molar-refractivity contribution in [1.29, 1.82) is 0 Å². The molecule has 0 saturated heterocycles. The van der Waals surface area contributed by atoms with Crippen LogP contribution in [0.5, 0.6) is 0 Å². The average molecular weight is 208 g/mol. The second kappa shape index (κ2) is 9.00. The van der Waals surface area contributed by atoms with Gasteiger partial charge in [-0.05, 0) is 0 Å². The summed E-state index contributed by atoms with van der Waals surface area (Å²) in [7, 11) is 0.0487. The number of hydrogen-bond donors (Lipinski definition) is 0. The fourth-order valence-electron chi connectivity index (χ4n) is 2.14. The Morgan fingerprint density at radius 1 is 0.929 bits per heavy atom. The first-order valence-electron chi connectivity index (χ1n) is 6.23. The van der Waals surface area contributed by atoms with Crippen molar-refractivity contribution in [3.8, 4) is 0 Å². The van der Waals surface area contributed by atoms with E-state index in [4.69, 9.17) is 0 Å². The van der Waals surface area contributed by atoms with Gasteiger partial charge in [0.15, 0.2) is 0 Å². The quantitative estimate of drug-likeness (QED) is 0.427. The molecule has 0 aromatic rings. The van der Waals surface area contributed by atoms with Crippen LogP contribution in [0.3, 0.4) is 0 Å². The van der Waals surface area contributed by atoms with Gasteiger partial charge in [-0.2, -0.15) is 0 Å². The van der Waals surface area contributed by atoms with Crippen LogP contribution in [0.25, 0.3) is 0 Å².